The van der Waals surface area contributed by atoms with Gasteiger partial charge in [0, 0.05) is 49.3 Å². The van der Waals surface area contributed by atoms with E-state index in [9.17, 15) is 19.5 Å². The first kappa shape index (κ1) is 50.3. The van der Waals surface area contributed by atoms with Gasteiger partial charge in [-0.05, 0) is 42.5 Å². The van der Waals surface area contributed by atoms with Crippen LogP contribution < -0.4 is 23.7 Å². The molecule has 20 heteroatoms. The van der Waals surface area contributed by atoms with Crippen molar-refractivity contribution in [3.63, 3.8) is 0 Å². The molecule has 2 amide bonds. The first-order valence-electron chi connectivity index (χ1n) is 17.6. The minimum Gasteiger partial charge on any atom is -0.872 e. The van der Waals surface area contributed by atoms with Gasteiger partial charge < -0.3 is 33.7 Å². The zero-order chi connectivity index (χ0) is 43.9. The Balaban J connectivity index is 0.000000390. The monoisotopic (exact) mass is 886 g/mol. The van der Waals surface area contributed by atoms with Crippen molar-refractivity contribution in [2.75, 3.05) is 28.2 Å². The molecule has 0 aliphatic rings. The fourth-order valence-corrected chi connectivity index (χ4v) is 5.42. The molecule has 7 rings (SSSR count). The predicted molar refractivity (Wildman–Crippen MR) is 207 cm³/mol. The molecule has 3 heterocycles. The Morgan fingerprint density at radius 2 is 0.867 bits per heavy atom. The molecule has 0 spiro atoms. The van der Waals surface area contributed by atoms with E-state index in [1.54, 1.807) is 28.2 Å². The molecule has 0 unspecified atom stereocenters. The number of benzene rings is 4. The number of hydrogen-bond donors (Lipinski definition) is 1. The number of fused-ring (bicyclic) bond motifs is 3. The number of amides is 2. The summed E-state index contributed by atoms with van der Waals surface area (Å²) in [6, 6.07) is 30.4. The standard InChI is InChI=1S/C27H27N7.C7H6O3.2C3H7NO.ClHO4.Mn/c1-31-22-13-7-4-10-19(22)28-25(31)16-34(17-26-29-20-11-5-8-14-23(20)32(26)2)18-27-30-21-12-6-9-15-24(21)33(27)3;8-6-4-2-1-3-5(6)7(9)10;2*1-4(2)3-5;2-1(3,4)5;/h4-15H,16-18H2,1-3H3;1-4,8H,(H,9,10);2*3H,1-2H3;(H,2,3,4,5);/q;;;;;+2/p-2. The largest absolute Gasteiger partial charge is 2.00 e. The van der Waals surface area contributed by atoms with Crippen LogP contribution in [0.15, 0.2) is 97.1 Å². The molecule has 7 aromatic rings. The number of nitrogens with zero attached hydrogens (tertiary/aromatic N) is 9. The summed E-state index contributed by atoms with van der Waals surface area (Å²) >= 11 is 0. The minimum absolute atomic E-state index is 0. The maximum absolute atomic E-state index is 10.7. The summed E-state index contributed by atoms with van der Waals surface area (Å²) in [6.07, 6.45) is 1.50. The summed E-state index contributed by atoms with van der Waals surface area (Å²) in [6.45, 7) is 2.08. The number of rotatable bonds is 9. The zero-order valence-corrected chi connectivity index (χ0v) is 35.9. The van der Waals surface area contributed by atoms with Gasteiger partial charge in [0.2, 0.25) is 12.8 Å². The molecule has 18 nitrogen and oxygen atoms in total. The Morgan fingerprint density at radius 3 is 1.10 bits per heavy atom. The number of para-hydroxylation sites is 7. The van der Waals surface area contributed by atoms with Crippen molar-refractivity contribution < 1.29 is 70.5 Å². The third-order valence-electron chi connectivity index (χ3n) is 8.27. The van der Waals surface area contributed by atoms with Crippen molar-refractivity contribution in [1.82, 2.24) is 43.4 Å². The Bertz CT molecular complexity index is 2230. The van der Waals surface area contributed by atoms with Crippen molar-refractivity contribution >= 4 is 51.9 Å². The fourth-order valence-electron chi connectivity index (χ4n) is 5.42. The summed E-state index contributed by atoms with van der Waals surface area (Å²) in [4.78, 5) is 49.1. The van der Waals surface area contributed by atoms with Crippen molar-refractivity contribution in [3.05, 3.63) is 120 Å². The van der Waals surface area contributed by atoms with Gasteiger partial charge in [0.1, 0.15) is 17.5 Å². The quantitative estimate of drug-likeness (QED) is 0.144. The third kappa shape index (κ3) is 15.4. The molecule has 1 radical (unpaired) electrons. The van der Waals surface area contributed by atoms with Crippen molar-refractivity contribution in [2.24, 2.45) is 21.1 Å². The maximum Gasteiger partial charge on any atom is 2.00 e. The summed E-state index contributed by atoms with van der Waals surface area (Å²) in [7, 11) is 8.08. The second-order valence-corrected chi connectivity index (χ2v) is 13.9. The Labute approximate surface area is 359 Å². The van der Waals surface area contributed by atoms with Crippen LogP contribution in [0.5, 0.6) is 5.75 Å². The first-order valence-corrected chi connectivity index (χ1v) is 18.9. The number of aryl methyl sites for hydroxylation is 3. The minimum atomic E-state index is -4.94. The van der Waals surface area contributed by atoms with E-state index in [4.69, 9.17) is 38.7 Å². The molecule has 0 bridgehead atoms. The molecule has 0 saturated carbocycles. The van der Waals surface area contributed by atoms with Gasteiger partial charge >= 0.3 is 23.0 Å². The van der Waals surface area contributed by atoms with Crippen LogP contribution in [0.3, 0.4) is 0 Å². The number of carboxylic acids is 1. The summed E-state index contributed by atoms with van der Waals surface area (Å²) < 4.78 is 40.5. The molecule has 0 atom stereocenters. The smallest absolute Gasteiger partial charge is 0.872 e. The number of carboxylic acid groups (broad SMARTS) is 1. The van der Waals surface area contributed by atoms with E-state index >= 15 is 0 Å². The number of aromatic carboxylic acids is 1. The molecule has 0 aliphatic carbocycles. The van der Waals surface area contributed by atoms with Crippen LogP contribution in [0, 0.1) is 10.2 Å². The number of aromatic nitrogens is 6. The molecule has 4 aromatic carbocycles. The van der Waals surface area contributed by atoms with Crippen LogP contribution in [0.25, 0.3) is 33.1 Å². The van der Waals surface area contributed by atoms with Crippen LogP contribution in [0.1, 0.15) is 27.8 Å². The van der Waals surface area contributed by atoms with Crippen LogP contribution in [0.4, 0.5) is 0 Å². The van der Waals surface area contributed by atoms with E-state index in [-0.39, 0.29) is 22.6 Å². The van der Waals surface area contributed by atoms with Gasteiger partial charge in [0.25, 0.3) is 0 Å². The molecule has 3 aromatic heterocycles. The van der Waals surface area contributed by atoms with Crippen molar-refractivity contribution in [2.45, 2.75) is 19.6 Å². The Hall–Kier alpha value is -5.89. The third-order valence-corrected chi connectivity index (χ3v) is 8.27. The van der Waals surface area contributed by atoms with Gasteiger partial charge in [-0.1, -0.05) is 60.3 Å². The molecular formula is C40H46ClMnN9O9. The Kier molecular flexibility index (Phi) is 19.8. The van der Waals surface area contributed by atoms with E-state index in [1.165, 1.54) is 34.1 Å². The van der Waals surface area contributed by atoms with Crippen LogP contribution in [-0.4, -0.2) is 95.4 Å². The number of hydrogen-bond acceptors (Lipinski definition) is 12. The molecule has 0 saturated heterocycles. The SMILES string of the molecule is CN(C)C=O.CN(C)C=O.Cn1c(CN(Cc2nc3ccccc3n2C)Cc2nc3ccccc3n2C)nc2ccccc21.O=C(O)c1ccccc1[O-].[Mn+2].[O-][Cl+3]([O-])([O-])[O-]. The molecule has 0 fully saturated rings. The maximum atomic E-state index is 10.7. The van der Waals surface area contributed by atoms with E-state index < -0.39 is 22.0 Å². The second-order valence-electron chi connectivity index (χ2n) is 13.2. The van der Waals surface area contributed by atoms with Gasteiger partial charge in [-0.25, -0.2) is 38.4 Å². The van der Waals surface area contributed by atoms with Gasteiger partial charge in [-0.2, -0.15) is 0 Å². The average Bonchev–Trinajstić information content (AvgIpc) is 3.80. The molecular weight excluding hydrogens is 841 g/mol. The van der Waals surface area contributed by atoms with Crippen molar-refractivity contribution in [1.29, 1.82) is 0 Å². The van der Waals surface area contributed by atoms with E-state index in [1.807, 2.05) is 18.2 Å². The summed E-state index contributed by atoms with van der Waals surface area (Å²) in [5, 5.41) is 19.0. The number of carbonyl (C=O) groups is 3. The van der Waals surface area contributed by atoms with Gasteiger partial charge in [-0.3, -0.25) is 14.5 Å². The summed E-state index contributed by atoms with van der Waals surface area (Å²) in [5.41, 5.74) is 6.30. The predicted octanol–water partition coefficient (Wildman–Crippen LogP) is -0.342. The fraction of sp³-hybridized carbons (Fsp3) is 0.250. The Morgan fingerprint density at radius 1 is 0.600 bits per heavy atom. The number of halogens is 1. The van der Waals surface area contributed by atoms with E-state index in [2.05, 4.69) is 94.3 Å². The van der Waals surface area contributed by atoms with Crippen LogP contribution >= 0.6 is 0 Å². The van der Waals surface area contributed by atoms with Crippen LogP contribution in [0.2, 0.25) is 0 Å². The first-order chi connectivity index (χ1) is 27.8. The second kappa shape index (κ2) is 23.6. The van der Waals surface area contributed by atoms with E-state index in [0.29, 0.717) is 19.6 Å². The molecule has 0 aliphatic heterocycles. The number of imidazole rings is 3. The molecule has 1 N–H and O–H groups in total. The van der Waals surface area contributed by atoms with Gasteiger partial charge in [0.15, 0.2) is 0 Å². The van der Waals surface area contributed by atoms with Crippen LogP contribution in [-0.2, 0) is 67.4 Å². The van der Waals surface area contributed by atoms with Gasteiger partial charge in [-0.15, -0.1) is 10.2 Å². The topological polar surface area (TPSA) is 250 Å². The summed E-state index contributed by atoms with van der Waals surface area (Å²) in [5.74, 6) is 1.46. The number of carbonyl (C=O) groups excluding carboxylic acids is 2. The molecule has 60 heavy (non-hydrogen) atoms. The van der Waals surface area contributed by atoms with Gasteiger partial charge in [0.05, 0.1) is 58.3 Å². The normalized spacial score (nSPS) is 10.5. The van der Waals surface area contributed by atoms with E-state index in [0.717, 1.165) is 63.4 Å². The average molecular weight is 887 g/mol. The zero-order valence-electron chi connectivity index (χ0n) is 34.0. The van der Waals surface area contributed by atoms with Crippen molar-refractivity contribution in [3.8, 4) is 5.75 Å². The molecule has 319 valence electrons.